The lowest BCUT2D eigenvalue weighted by atomic mass is 10.1. The van der Waals surface area contributed by atoms with Gasteiger partial charge in [0.1, 0.15) is 5.82 Å². The van der Waals surface area contributed by atoms with Crippen molar-refractivity contribution in [1.82, 2.24) is 14.7 Å². The third-order valence-electron chi connectivity index (χ3n) is 5.23. The van der Waals surface area contributed by atoms with E-state index < -0.39 is 5.82 Å². The number of amides is 2. The van der Waals surface area contributed by atoms with E-state index in [0.29, 0.717) is 43.2 Å². The third-order valence-corrected chi connectivity index (χ3v) is 6.27. The molecule has 0 radical (unpaired) electrons. The largest absolute Gasteiger partial charge is 0.342 e. The van der Waals surface area contributed by atoms with E-state index in [2.05, 4.69) is 4.90 Å². The zero-order valence-electron chi connectivity index (χ0n) is 16.2. The smallest absolute Gasteiger partial charge is 0.236 e. The topological polar surface area (TPSA) is 60.9 Å². The number of piperazine rings is 1. The molecule has 152 valence electrons. The van der Waals surface area contributed by atoms with Crippen LogP contribution in [-0.4, -0.2) is 83.9 Å². The van der Waals surface area contributed by atoms with Crippen molar-refractivity contribution in [3.8, 4) is 0 Å². The highest BCUT2D eigenvalue weighted by Crippen LogP contribution is 2.23. The second kappa shape index (κ2) is 9.52. The average molecular weight is 408 g/mol. The zero-order chi connectivity index (χ0) is 20.1. The Labute approximate surface area is 169 Å². The van der Waals surface area contributed by atoms with Gasteiger partial charge in [0.25, 0.3) is 0 Å². The first-order valence-electron chi connectivity index (χ1n) is 9.65. The summed E-state index contributed by atoms with van der Waals surface area (Å²) in [6.45, 7) is 6.05. The Morgan fingerprint density at radius 2 is 1.61 bits per heavy atom. The number of likely N-dealkylation sites (tertiary alicyclic amines) is 1. The molecule has 0 unspecified atom stereocenters. The Morgan fingerprint density at radius 3 is 2.21 bits per heavy atom. The van der Waals surface area contributed by atoms with E-state index in [9.17, 15) is 18.8 Å². The number of benzene rings is 1. The number of hydrogen-bond donors (Lipinski definition) is 0. The number of nitrogens with zero attached hydrogens (tertiary/aromatic N) is 3. The van der Waals surface area contributed by atoms with Crippen LogP contribution in [0.1, 0.15) is 30.1 Å². The van der Waals surface area contributed by atoms with E-state index in [1.165, 1.54) is 13.0 Å². The third kappa shape index (κ3) is 5.32. The van der Waals surface area contributed by atoms with Crippen molar-refractivity contribution in [2.45, 2.75) is 24.7 Å². The van der Waals surface area contributed by atoms with Crippen LogP contribution in [0.15, 0.2) is 23.1 Å². The summed E-state index contributed by atoms with van der Waals surface area (Å²) in [6, 6.07) is 4.34. The van der Waals surface area contributed by atoms with Crippen molar-refractivity contribution in [2.75, 3.05) is 51.6 Å². The Kier molecular flexibility index (Phi) is 7.07. The lowest BCUT2D eigenvalue weighted by Crippen LogP contribution is -2.51. The van der Waals surface area contributed by atoms with Gasteiger partial charge in [0.2, 0.25) is 11.8 Å². The molecule has 2 aliphatic rings. The standard InChI is InChI=1S/C20H26FN3O3S/c1-15(25)16-4-5-18(17(21)12-16)28-14-20(27)24-10-8-22(9-11-24)13-19(26)23-6-2-3-7-23/h4-5,12H,2-3,6-11,13-14H2,1H3. The quantitative estimate of drug-likeness (QED) is 0.532. The second-order valence-electron chi connectivity index (χ2n) is 7.23. The molecule has 0 atom stereocenters. The SMILES string of the molecule is CC(=O)c1ccc(SCC(=O)N2CCN(CC(=O)N3CCCC3)CC2)c(F)c1. The zero-order valence-corrected chi connectivity index (χ0v) is 17.0. The summed E-state index contributed by atoms with van der Waals surface area (Å²) >= 11 is 1.15. The summed E-state index contributed by atoms with van der Waals surface area (Å²) in [5.74, 6) is -0.366. The van der Waals surface area contributed by atoms with Crippen LogP contribution >= 0.6 is 11.8 Å². The fourth-order valence-corrected chi connectivity index (χ4v) is 4.30. The molecule has 8 heteroatoms. The van der Waals surface area contributed by atoms with Crippen molar-refractivity contribution in [2.24, 2.45) is 0 Å². The van der Waals surface area contributed by atoms with Crippen LogP contribution < -0.4 is 0 Å². The van der Waals surface area contributed by atoms with E-state index >= 15 is 0 Å². The summed E-state index contributed by atoms with van der Waals surface area (Å²) < 4.78 is 14.1. The first-order chi connectivity index (χ1) is 13.4. The molecule has 28 heavy (non-hydrogen) atoms. The van der Waals surface area contributed by atoms with Crippen LogP contribution in [0.4, 0.5) is 4.39 Å². The molecule has 2 aliphatic heterocycles. The van der Waals surface area contributed by atoms with E-state index in [0.717, 1.165) is 37.7 Å². The molecule has 3 rings (SSSR count). The van der Waals surface area contributed by atoms with Crippen molar-refractivity contribution in [3.05, 3.63) is 29.6 Å². The molecule has 0 aromatic heterocycles. The first kappa shape index (κ1) is 20.8. The van der Waals surface area contributed by atoms with Crippen molar-refractivity contribution >= 4 is 29.4 Å². The molecule has 2 fully saturated rings. The molecule has 0 bridgehead atoms. The highest BCUT2D eigenvalue weighted by atomic mass is 32.2. The summed E-state index contributed by atoms with van der Waals surface area (Å²) in [6.07, 6.45) is 2.17. The van der Waals surface area contributed by atoms with Crippen molar-refractivity contribution < 1.29 is 18.8 Å². The van der Waals surface area contributed by atoms with Gasteiger partial charge >= 0.3 is 0 Å². The minimum atomic E-state index is -0.476. The minimum Gasteiger partial charge on any atom is -0.342 e. The lowest BCUT2D eigenvalue weighted by molar-refractivity contribution is -0.133. The summed E-state index contributed by atoms with van der Waals surface area (Å²) in [5, 5.41) is 0. The number of thioether (sulfide) groups is 1. The van der Waals surface area contributed by atoms with Crippen LogP contribution in [0.25, 0.3) is 0 Å². The van der Waals surface area contributed by atoms with E-state index in [4.69, 9.17) is 0 Å². The highest BCUT2D eigenvalue weighted by molar-refractivity contribution is 8.00. The monoisotopic (exact) mass is 407 g/mol. The van der Waals surface area contributed by atoms with E-state index in [1.807, 2.05) is 4.90 Å². The van der Waals surface area contributed by atoms with Gasteiger partial charge in [0.15, 0.2) is 5.78 Å². The highest BCUT2D eigenvalue weighted by Gasteiger charge is 2.25. The Bertz CT molecular complexity index is 744. The number of carbonyl (C=O) groups excluding carboxylic acids is 3. The van der Waals surface area contributed by atoms with Crippen LogP contribution in [-0.2, 0) is 9.59 Å². The summed E-state index contributed by atoms with van der Waals surface area (Å²) in [5.41, 5.74) is 0.327. The van der Waals surface area contributed by atoms with Gasteiger partial charge in [-0.2, -0.15) is 0 Å². The van der Waals surface area contributed by atoms with Gasteiger partial charge < -0.3 is 9.80 Å². The normalized spacial score (nSPS) is 17.8. The Balaban J connectivity index is 1.42. The second-order valence-corrected chi connectivity index (χ2v) is 8.25. The molecule has 6 nitrogen and oxygen atoms in total. The van der Waals surface area contributed by atoms with Gasteiger partial charge in [-0.05, 0) is 31.9 Å². The fraction of sp³-hybridized carbons (Fsp3) is 0.550. The van der Waals surface area contributed by atoms with Gasteiger partial charge in [-0.15, -0.1) is 11.8 Å². The van der Waals surface area contributed by atoms with Crippen LogP contribution in [0.3, 0.4) is 0 Å². The summed E-state index contributed by atoms with van der Waals surface area (Å²) in [7, 11) is 0. The maximum atomic E-state index is 14.1. The lowest BCUT2D eigenvalue weighted by Gasteiger charge is -2.35. The van der Waals surface area contributed by atoms with Crippen LogP contribution in [0.2, 0.25) is 0 Å². The Morgan fingerprint density at radius 1 is 0.964 bits per heavy atom. The van der Waals surface area contributed by atoms with Gasteiger partial charge in [0, 0.05) is 49.7 Å². The number of halogens is 1. The summed E-state index contributed by atoms with van der Waals surface area (Å²) in [4.78, 5) is 42.1. The molecule has 0 spiro atoms. The number of rotatable bonds is 6. The molecule has 0 N–H and O–H groups in total. The maximum Gasteiger partial charge on any atom is 0.236 e. The number of carbonyl (C=O) groups is 3. The molecule has 2 saturated heterocycles. The number of ketones is 1. The predicted molar refractivity (Wildman–Crippen MR) is 106 cm³/mol. The van der Waals surface area contributed by atoms with Crippen molar-refractivity contribution in [1.29, 1.82) is 0 Å². The van der Waals surface area contributed by atoms with Crippen molar-refractivity contribution in [3.63, 3.8) is 0 Å². The molecule has 0 aliphatic carbocycles. The predicted octanol–water partition coefficient (Wildman–Crippen LogP) is 1.89. The average Bonchev–Trinajstić information content (AvgIpc) is 3.22. The van der Waals surface area contributed by atoms with Crippen LogP contribution in [0.5, 0.6) is 0 Å². The van der Waals surface area contributed by atoms with E-state index in [-0.39, 0.29) is 23.4 Å². The maximum absolute atomic E-state index is 14.1. The molecule has 2 amide bonds. The fourth-order valence-electron chi connectivity index (χ4n) is 3.48. The van der Waals surface area contributed by atoms with E-state index in [1.54, 1.807) is 17.0 Å². The Hall–Kier alpha value is -1.93. The van der Waals surface area contributed by atoms with Gasteiger partial charge in [0.05, 0.1) is 12.3 Å². The molecule has 1 aromatic carbocycles. The van der Waals surface area contributed by atoms with Gasteiger partial charge in [-0.3, -0.25) is 19.3 Å². The molecule has 0 saturated carbocycles. The van der Waals surface area contributed by atoms with Crippen LogP contribution in [0, 0.1) is 5.82 Å². The number of hydrogen-bond acceptors (Lipinski definition) is 5. The first-order valence-corrected chi connectivity index (χ1v) is 10.6. The molecule has 2 heterocycles. The van der Waals surface area contributed by atoms with Gasteiger partial charge in [-0.1, -0.05) is 6.07 Å². The molecule has 1 aromatic rings. The minimum absolute atomic E-state index is 0.0365. The van der Waals surface area contributed by atoms with Gasteiger partial charge in [-0.25, -0.2) is 4.39 Å². The number of Topliss-reactive ketones (excluding diaryl/α,β-unsaturated/α-hetero) is 1. The molecular weight excluding hydrogens is 381 g/mol. The molecular formula is C20H26FN3O3S.